The minimum absolute atomic E-state index is 0.143. The summed E-state index contributed by atoms with van der Waals surface area (Å²) in [7, 11) is 1.95. The van der Waals surface area contributed by atoms with Crippen LogP contribution in [0.2, 0.25) is 0 Å². The molecule has 50 heavy (non-hydrogen) atoms. The van der Waals surface area contributed by atoms with Gasteiger partial charge in [-0.15, -0.1) is 22.7 Å². The minimum Gasteiger partial charge on any atom is -0.454 e. The summed E-state index contributed by atoms with van der Waals surface area (Å²) in [6.07, 6.45) is 3.95. The smallest absolute Gasteiger partial charge is 0.231 e. The number of hydrogen-bond donors (Lipinski definition) is 0. The van der Waals surface area contributed by atoms with Crippen LogP contribution in [0.5, 0.6) is 23.0 Å². The van der Waals surface area contributed by atoms with Gasteiger partial charge in [-0.3, -0.25) is 24.1 Å². The summed E-state index contributed by atoms with van der Waals surface area (Å²) < 4.78 is 21.8. The van der Waals surface area contributed by atoms with Gasteiger partial charge in [0.15, 0.2) is 23.0 Å². The molecular weight excluding hydrogens is 683 g/mol. The summed E-state index contributed by atoms with van der Waals surface area (Å²) in [5, 5.41) is 1.11. The first-order chi connectivity index (χ1) is 24.3. The SMILES string of the molecule is CN(C1CCN1C1=CC(=O)c2nc(-c3ccc4c(c3)OCO4)sc2C1=O)C1CCN1C1=CC(=O)c2nc(-c3ccc4c(c3)OCO4)sc2C1=O. The van der Waals surface area contributed by atoms with E-state index in [0.29, 0.717) is 67.3 Å². The van der Waals surface area contributed by atoms with Crippen molar-refractivity contribution in [2.45, 2.75) is 25.2 Å². The largest absolute Gasteiger partial charge is 0.454 e. The molecule has 2 saturated heterocycles. The molecule has 0 radical (unpaired) electrons. The predicted octanol–water partition coefficient (Wildman–Crippen LogP) is 4.61. The molecule has 0 bridgehead atoms. The van der Waals surface area contributed by atoms with E-state index in [9.17, 15) is 19.2 Å². The molecule has 13 nitrogen and oxygen atoms in total. The third kappa shape index (κ3) is 4.33. The summed E-state index contributed by atoms with van der Waals surface area (Å²) in [4.78, 5) is 70.0. The van der Waals surface area contributed by atoms with Gasteiger partial charge in [-0.2, -0.15) is 0 Å². The second-order valence-electron chi connectivity index (χ2n) is 12.6. The van der Waals surface area contributed by atoms with E-state index in [1.807, 2.05) is 29.0 Å². The molecule has 6 heterocycles. The highest BCUT2D eigenvalue weighted by Crippen LogP contribution is 2.43. The Morgan fingerprint density at radius 3 is 1.52 bits per heavy atom. The number of ketones is 4. The second kappa shape index (κ2) is 10.8. The number of rotatable bonds is 6. The van der Waals surface area contributed by atoms with Crippen LogP contribution in [0, 0.1) is 0 Å². The monoisotopic (exact) mass is 707 g/mol. The molecule has 2 aliphatic carbocycles. The van der Waals surface area contributed by atoms with E-state index in [2.05, 4.69) is 14.9 Å². The van der Waals surface area contributed by atoms with Gasteiger partial charge >= 0.3 is 0 Å². The van der Waals surface area contributed by atoms with Crippen molar-refractivity contribution in [1.29, 1.82) is 0 Å². The molecule has 2 aromatic carbocycles. The van der Waals surface area contributed by atoms with Crippen LogP contribution in [0.3, 0.4) is 0 Å². The number of carbonyl (C=O) groups excluding carboxylic acids is 4. The molecule has 2 fully saturated rings. The zero-order valence-electron chi connectivity index (χ0n) is 26.3. The normalized spacial score (nSPS) is 21.6. The van der Waals surface area contributed by atoms with Crippen molar-refractivity contribution in [1.82, 2.24) is 24.7 Å². The van der Waals surface area contributed by atoms with Crippen LogP contribution in [0.15, 0.2) is 59.9 Å². The molecule has 4 aliphatic heterocycles. The second-order valence-corrected chi connectivity index (χ2v) is 14.6. The number of Topliss-reactive ketones (excluding diaryl/α,β-unsaturated/α-hetero) is 2. The number of benzene rings is 2. The number of aromatic nitrogens is 2. The fourth-order valence-corrected chi connectivity index (χ4v) is 9.15. The molecule has 0 saturated carbocycles. The summed E-state index contributed by atoms with van der Waals surface area (Å²) in [5.74, 6) is 1.37. The maximum absolute atomic E-state index is 13.8. The highest BCUT2D eigenvalue weighted by atomic mass is 32.1. The number of hydrogen-bond acceptors (Lipinski definition) is 15. The molecule has 4 aromatic rings. The lowest BCUT2D eigenvalue weighted by molar-refractivity contribution is -0.0902. The highest BCUT2D eigenvalue weighted by molar-refractivity contribution is 7.18. The fraction of sp³-hybridized carbons (Fsp3) is 0.257. The lowest BCUT2D eigenvalue weighted by Gasteiger charge is -2.56. The zero-order chi connectivity index (χ0) is 33.8. The van der Waals surface area contributed by atoms with Crippen LogP contribution < -0.4 is 18.9 Å². The topological polar surface area (TPSA) is 141 Å². The Kier molecular flexibility index (Phi) is 6.38. The van der Waals surface area contributed by atoms with E-state index in [4.69, 9.17) is 18.9 Å². The van der Waals surface area contributed by atoms with Crippen molar-refractivity contribution < 1.29 is 38.1 Å². The Hall–Kier alpha value is -5.38. The highest BCUT2D eigenvalue weighted by Gasteiger charge is 2.46. The van der Waals surface area contributed by atoms with Gasteiger partial charge in [-0.25, -0.2) is 9.97 Å². The van der Waals surface area contributed by atoms with E-state index >= 15 is 0 Å². The number of fused-ring (bicyclic) bond motifs is 4. The molecule has 0 amide bonds. The first kappa shape index (κ1) is 29.5. The molecular formula is C35H25N5O8S2. The summed E-state index contributed by atoms with van der Waals surface area (Å²) >= 11 is 2.38. The van der Waals surface area contributed by atoms with E-state index in [1.54, 1.807) is 24.3 Å². The van der Waals surface area contributed by atoms with Gasteiger partial charge in [-0.05, 0) is 56.3 Å². The Bertz CT molecular complexity index is 2130. The maximum atomic E-state index is 13.8. The van der Waals surface area contributed by atoms with Crippen LogP contribution in [-0.4, -0.2) is 93.9 Å². The Morgan fingerprint density at radius 1 is 0.660 bits per heavy atom. The maximum Gasteiger partial charge on any atom is 0.231 e. The first-order valence-corrected chi connectivity index (χ1v) is 17.6. The van der Waals surface area contributed by atoms with Crippen LogP contribution in [0.25, 0.3) is 21.1 Å². The number of carbonyl (C=O) groups is 4. The minimum atomic E-state index is -0.312. The van der Waals surface area contributed by atoms with Crippen LogP contribution in [-0.2, 0) is 0 Å². The van der Waals surface area contributed by atoms with E-state index in [0.717, 1.165) is 24.0 Å². The molecule has 15 heteroatoms. The first-order valence-electron chi connectivity index (χ1n) is 16.0. The molecule has 2 atom stereocenters. The number of ether oxygens (including phenoxy) is 4. The number of likely N-dealkylation sites (tertiary alicyclic amines) is 2. The van der Waals surface area contributed by atoms with Crippen LogP contribution >= 0.6 is 22.7 Å². The summed E-state index contributed by atoms with van der Waals surface area (Å²) in [6.45, 7) is 1.49. The van der Waals surface area contributed by atoms with Crippen molar-refractivity contribution >= 4 is 45.8 Å². The molecule has 0 spiro atoms. The van der Waals surface area contributed by atoms with Crippen molar-refractivity contribution in [3.8, 4) is 44.1 Å². The molecule has 6 aliphatic rings. The molecule has 2 aromatic heterocycles. The van der Waals surface area contributed by atoms with Gasteiger partial charge in [0, 0.05) is 36.4 Å². The fourth-order valence-electron chi connectivity index (χ4n) is 7.12. The van der Waals surface area contributed by atoms with Gasteiger partial charge in [0.2, 0.25) is 36.7 Å². The molecule has 0 N–H and O–H groups in total. The van der Waals surface area contributed by atoms with Gasteiger partial charge in [0.1, 0.15) is 31.2 Å². The van der Waals surface area contributed by atoms with Crippen molar-refractivity contribution in [3.63, 3.8) is 0 Å². The van der Waals surface area contributed by atoms with E-state index < -0.39 is 0 Å². The number of thiazole rings is 2. The van der Waals surface area contributed by atoms with E-state index in [1.165, 1.54) is 34.8 Å². The Labute approximate surface area is 291 Å². The standard InChI is InChI=1S/C35H25N5O8S2/c1-38(26-6-8-39(26)18-12-20(41)28-32(30(18)43)49-34(36-28)16-2-4-22-24(10-16)47-14-45-22)27-7-9-40(27)19-13-21(42)29-33(31(19)44)50-35(37-29)17-3-5-23-25(11-17)48-15-46-23/h2-5,10-13,26-27H,6-9,14-15H2,1H3. The molecule has 250 valence electrons. The zero-order valence-corrected chi connectivity index (χ0v) is 28.0. The third-order valence-electron chi connectivity index (χ3n) is 9.91. The van der Waals surface area contributed by atoms with Crippen molar-refractivity contribution in [3.05, 3.63) is 81.1 Å². The number of nitrogens with zero attached hydrogens (tertiary/aromatic N) is 5. The summed E-state index contributed by atoms with van der Waals surface area (Å²) in [6, 6.07) is 10.8. The van der Waals surface area contributed by atoms with E-state index in [-0.39, 0.29) is 60.4 Å². The lowest BCUT2D eigenvalue weighted by atomic mass is 9.96. The van der Waals surface area contributed by atoms with Gasteiger partial charge < -0.3 is 28.7 Å². The van der Waals surface area contributed by atoms with Crippen molar-refractivity contribution in [2.75, 3.05) is 33.7 Å². The predicted molar refractivity (Wildman–Crippen MR) is 179 cm³/mol. The van der Waals surface area contributed by atoms with Gasteiger partial charge in [0.05, 0.1) is 23.7 Å². The van der Waals surface area contributed by atoms with Crippen molar-refractivity contribution in [2.24, 2.45) is 0 Å². The Morgan fingerprint density at radius 2 is 1.10 bits per heavy atom. The average molecular weight is 708 g/mol. The molecule has 2 unspecified atom stereocenters. The average Bonchev–Trinajstić information content (AvgIpc) is 3.89. The lowest BCUT2D eigenvalue weighted by Crippen LogP contribution is -2.66. The van der Waals surface area contributed by atoms with Crippen LogP contribution in [0.4, 0.5) is 0 Å². The number of allylic oxidation sites excluding steroid dienone is 4. The summed E-state index contributed by atoms with van der Waals surface area (Å²) in [5.41, 5.74) is 2.47. The third-order valence-corrected chi connectivity index (χ3v) is 12.1. The quantitative estimate of drug-likeness (QED) is 0.276. The Balaban J connectivity index is 0.864. The molecule has 10 rings (SSSR count). The van der Waals surface area contributed by atoms with Gasteiger partial charge in [-0.1, -0.05) is 0 Å². The van der Waals surface area contributed by atoms with Gasteiger partial charge in [0.25, 0.3) is 0 Å². The van der Waals surface area contributed by atoms with Crippen LogP contribution in [0.1, 0.15) is 53.2 Å².